The van der Waals surface area contributed by atoms with Crippen LogP contribution >= 0.6 is 0 Å². The third-order valence-corrected chi connectivity index (χ3v) is 5.57. The molecule has 1 aliphatic heterocycles. The van der Waals surface area contributed by atoms with E-state index >= 15 is 0 Å². The molecule has 3 aromatic rings. The number of rotatable bonds is 5. The van der Waals surface area contributed by atoms with Crippen molar-refractivity contribution in [1.29, 1.82) is 5.26 Å². The van der Waals surface area contributed by atoms with Crippen molar-refractivity contribution in [1.82, 2.24) is 10.3 Å². The Morgan fingerprint density at radius 2 is 1.80 bits per heavy atom. The number of benzene rings is 2. The summed E-state index contributed by atoms with van der Waals surface area (Å²) in [5.41, 5.74) is 0.739. The molecule has 10 heteroatoms. The van der Waals surface area contributed by atoms with Crippen molar-refractivity contribution in [2.45, 2.75) is 4.90 Å². The SMILES string of the molecule is N#Cc1cccc(Oc2ccc(NS(=O)(=O)c3ccc4c(c3)C(=O)NC4=O)cn2)c1. The summed E-state index contributed by atoms with van der Waals surface area (Å²) in [6.07, 6.45) is 1.27. The molecule has 1 aromatic heterocycles. The van der Waals surface area contributed by atoms with Crippen molar-refractivity contribution < 1.29 is 22.7 Å². The van der Waals surface area contributed by atoms with Crippen LogP contribution in [0.5, 0.6) is 11.6 Å². The maximum Gasteiger partial charge on any atom is 0.261 e. The highest BCUT2D eigenvalue weighted by atomic mass is 32.2. The van der Waals surface area contributed by atoms with Crippen molar-refractivity contribution in [3.63, 3.8) is 0 Å². The highest BCUT2D eigenvalue weighted by Gasteiger charge is 2.28. The van der Waals surface area contributed by atoms with Crippen LogP contribution < -0.4 is 14.8 Å². The van der Waals surface area contributed by atoms with Gasteiger partial charge in [-0.3, -0.25) is 19.6 Å². The molecule has 2 N–H and O–H groups in total. The van der Waals surface area contributed by atoms with E-state index in [0.717, 1.165) is 6.07 Å². The van der Waals surface area contributed by atoms with Gasteiger partial charge in [-0.2, -0.15) is 5.26 Å². The number of pyridine rings is 1. The van der Waals surface area contributed by atoms with E-state index in [4.69, 9.17) is 10.00 Å². The highest BCUT2D eigenvalue weighted by molar-refractivity contribution is 7.92. The average molecular weight is 420 g/mol. The molecule has 2 aromatic carbocycles. The van der Waals surface area contributed by atoms with Gasteiger partial charge in [-0.15, -0.1) is 0 Å². The number of nitrogens with one attached hydrogen (secondary N) is 2. The van der Waals surface area contributed by atoms with Crippen molar-refractivity contribution in [3.05, 3.63) is 77.5 Å². The van der Waals surface area contributed by atoms with Gasteiger partial charge >= 0.3 is 0 Å². The second-order valence-electron chi connectivity index (χ2n) is 6.22. The Hall–Kier alpha value is -4.23. The molecular weight excluding hydrogens is 408 g/mol. The molecule has 2 heterocycles. The molecule has 0 unspecified atom stereocenters. The van der Waals surface area contributed by atoms with Gasteiger partial charge in [0.05, 0.1) is 39.5 Å². The predicted molar refractivity (Wildman–Crippen MR) is 105 cm³/mol. The third-order valence-electron chi connectivity index (χ3n) is 4.19. The Morgan fingerprint density at radius 1 is 1.00 bits per heavy atom. The number of anilines is 1. The molecule has 2 amide bonds. The molecule has 30 heavy (non-hydrogen) atoms. The topological polar surface area (TPSA) is 138 Å². The van der Waals surface area contributed by atoms with E-state index in [9.17, 15) is 18.0 Å². The lowest BCUT2D eigenvalue weighted by atomic mass is 10.1. The molecule has 0 saturated carbocycles. The second kappa shape index (κ2) is 7.31. The second-order valence-corrected chi connectivity index (χ2v) is 7.91. The number of hydrogen-bond donors (Lipinski definition) is 2. The Labute approximate surface area is 171 Å². The minimum atomic E-state index is -4.01. The minimum absolute atomic E-state index is 0.00403. The predicted octanol–water partition coefficient (Wildman–Crippen LogP) is 2.43. The average Bonchev–Trinajstić information content (AvgIpc) is 3.03. The quantitative estimate of drug-likeness (QED) is 0.605. The summed E-state index contributed by atoms with van der Waals surface area (Å²) < 4.78 is 33.1. The smallest absolute Gasteiger partial charge is 0.261 e. The van der Waals surface area contributed by atoms with Gasteiger partial charge in [-0.25, -0.2) is 13.4 Å². The summed E-state index contributed by atoms with van der Waals surface area (Å²) in [4.78, 5) is 27.2. The Balaban J connectivity index is 1.51. The zero-order valence-electron chi connectivity index (χ0n) is 15.1. The summed E-state index contributed by atoms with van der Waals surface area (Å²) in [5, 5.41) is 11.0. The summed E-state index contributed by atoms with van der Waals surface area (Å²) >= 11 is 0. The van der Waals surface area contributed by atoms with E-state index < -0.39 is 21.8 Å². The van der Waals surface area contributed by atoms with Crippen LogP contribution in [0.3, 0.4) is 0 Å². The zero-order chi connectivity index (χ0) is 21.3. The lowest BCUT2D eigenvalue weighted by molar-refractivity contribution is 0.0879. The molecule has 0 aliphatic carbocycles. The van der Waals surface area contributed by atoms with Gasteiger partial charge in [0.15, 0.2) is 0 Å². The number of hydrogen-bond acceptors (Lipinski definition) is 7. The molecular formula is C20H12N4O5S. The first-order chi connectivity index (χ1) is 14.4. The first-order valence-electron chi connectivity index (χ1n) is 8.52. The summed E-state index contributed by atoms with van der Waals surface area (Å²) in [5.74, 6) is -0.579. The van der Waals surface area contributed by atoms with Gasteiger partial charge in [0.2, 0.25) is 5.88 Å². The fourth-order valence-corrected chi connectivity index (χ4v) is 3.85. The van der Waals surface area contributed by atoms with E-state index in [-0.39, 0.29) is 27.6 Å². The molecule has 0 spiro atoms. The number of aromatic nitrogens is 1. The van der Waals surface area contributed by atoms with E-state index in [1.165, 1.54) is 30.5 Å². The normalized spacial score (nSPS) is 12.6. The van der Waals surface area contributed by atoms with Crippen LogP contribution in [-0.2, 0) is 10.0 Å². The lowest BCUT2D eigenvalue weighted by Gasteiger charge is -2.10. The fourth-order valence-electron chi connectivity index (χ4n) is 2.78. The van der Waals surface area contributed by atoms with E-state index in [1.54, 1.807) is 24.3 Å². The Bertz CT molecular complexity index is 1330. The van der Waals surface area contributed by atoms with Gasteiger partial charge in [-0.1, -0.05) is 6.07 Å². The lowest BCUT2D eigenvalue weighted by Crippen LogP contribution is -2.19. The van der Waals surface area contributed by atoms with Crippen LogP contribution in [-0.4, -0.2) is 25.2 Å². The van der Waals surface area contributed by atoms with Crippen LogP contribution in [0, 0.1) is 11.3 Å². The van der Waals surface area contributed by atoms with Crippen LogP contribution in [0.1, 0.15) is 26.3 Å². The fraction of sp³-hybridized carbons (Fsp3) is 0. The van der Waals surface area contributed by atoms with E-state index in [1.807, 2.05) is 6.07 Å². The molecule has 0 fully saturated rings. The van der Waals surface area contributed by atoms with Crippen LogP contribution in [0.15, 0.2) is 65.7 Å². The largest absolute Gasteiger partial charge is 0.439 e. The standard InChI is InChI=1S/C20H12N4O5S/c21-10-12-2-1-3-14(8-12)29-18-7-4-13(11-22-18)24-30(27,28)15-5-6-16-17(9-15)20(26)23-19(16)25/h1-9,11,24H,(H,23,25,26). The molecule has 0 saturated heterocycles. The van der Waals surface area contributed by atoms with E-state index in [0.29, 0.717) is 11.3 Å². The first-order valence-corrected chi connectivity index (χ1v) is 10.0. The van der Waals surface area contributed by atoms with Crippen molar-refractivity contribution in [2.24, 2.45) is 0 Å². The molecule has 9 nitrogen and oxygen atoms in total. The van der Waals surface area contributed by atoms with E-state index in [2.05, 4.69) is 15.0 Å². The Kier molecular flexibility index (Phi) is 4.65. The molecule has 0 radical (unpaired) electrons. The van der Waals surface area contributed by atoms with Crippen molar-refractivity contribution in [3.8, 4) is 17.7 Å². The van der Waals surface area contributed by atoms with Gasteiger partial charge in [0, 0.05) is 6.07 Å². The molecule has 148 valence electrons. The number of carbonyl (C=O) groups excluding carboxylic acids is 2. The minimum Gasteiger partial charge on any atom is -0.439 e. The molecule has 0 bridgehead atoms. The number of nitriles is 1. The molecule has 1 aliphatic rings. The van der Waals surface area contributed by atoms with Crippen LogP contribution in [0.2, 0.25) is 0 Å². The summed E-state index contributed by atoms with van der Waals surface area (Å²) in [7, 11) is -4.01. The van der Waals surface area contributed by atoms with Gasteiger partial charge < -0.3 is 4.74 Å². The molecule has 0 atom stereocenters. The van der Waals surface area contributed by atoms with Crippen molar-refractivity contribution in [2.75, 3.05) is 4.72 Å². The summed E-state index contributed by atoms with van der Waals surface area (Å²) in [6.45, 7) is 0. The monoisotopic (exact) mass is 420 g/mol. The van der Waals surface area contributed by atoms with Crippen LogP contribution in [0.4, 0.5) is 5.69 Å². The Morgan fingerprint density at radius 3 is 2.53 bits per heavy atom. The molecule has 4 rings (SSSR count). The maximum atomic E-state index is 12.6. The number of fused-ring (bicyclic) bond motifs is 1. The number of sulfonamides is 1. The number of ether oxygens (including phenoxy) is 1. The number of amides is 2. The third kappa shape index (κ3) is 3.69. The zero-order valence-corrected chi connectivity index (χ0v) is 15.9. The van der Waals surface area contributed by atoms with Gasteiger partial charge in [0.25, 0.3) is 21.8 Å². The van der Waals surface area contributed by atoms with Crippen molar-refractivity contribution >= 4 is 27.5 Å². The van der Waals surface area contributed by atoms with Crippen LogP contribution in [0.25, 0.3) is 0 Å². The van der Waals surface area contributed by atoms with Gasteiger partial charge in [-0.05, 0) is 42.5 Å². The first kappa shape index (κ1) is 19.1. The number of carbonyl (C=O) groups is 2. The summed E-state index contributed by atoms with van der Waals surface area (Å²) in [6, 6.07) is 15.1. The van der Waals surface area contributed by atoms with Gasteiger partial charge in [0.1, 0.15) is 5.75 Å². The number of nitrogens with zero attached hydrogens (tertiary/aromatic N) is 2. The maximum absolute atomic E-state index is 12.6. The number of imide groups is 1. The highest BCUT2D eigenvalue weighted by Crippen LogP contribution is 2.24.